The van der Waals surface area contributed by atoms with E-state index in [0.29, 0.717) is 21.4 Å². The highest BCUT2D eigenvalue weighted by Gasteiger charge is 2.17. The van der Waals surface area contributed by atoms with Crippen molar-refractivity contribution in [2.24, 2.45) is 5.73 Å². The lowest BCUT2D eigenvalue weighted by Crippen LogP contribution is -2.22. The minimum absolute atomic E-state index is 0.0264. The third-order valence-corrected chi connectivity index (χ3v) is 7.54. The van der Waals surface area contributed by atoms with Crippen molar-refractivity contribution in [2.75, 3.05) is 17.0 Å². The molecular weight excluding hydrogens is 414 g/mol. The molecule has 0 aliphatic rings. The van der Waals surface area contributed by atoms with E-state index in [4.69, 9.17) is 5.73 Å². The number of para-hydroxylation sites is 1. The summed E-state index contributed by atoms with van der Waals surface area (Å²) < 4.78 is 28.9. The quantitative estimate of drug-likeness (QED) is 0.399. The molecule has 3 aromatic carbocycles. The van der Waals surface area contributed by atoms with Gasteiger partial charge in [0.25, 0.3) is 0 Å². The molecule has 0 amide bonds. The third kappa shape index (κ3) is 3.79. The second-order valence-corrected chi connectivity index (χ2v) is 10.2. The number of aromatic hydroxyl groups is 1. The molecule has 4 aromatic rings. The molecule has 0 fully saturated rings. The molecule has 1 heterocycles. The van der Waals surface area contributed by atoms with Crippen molar-refractivity contribution >= 4 is 59.8 Å². The van der Waals surface area contributed by atoms with Gasteiger partial charge in [-0.15, -0.1) is 11.3 Å². The molecule has 0 unspecified atom stereocenters. The number of anilines is 1. The summed E-state index contributed by atoms with van der Waals surface area (Å²) in [6.45, 7) is 0.0264. The molecule has 0 radical (unpaired) electrons. The van der Waals surface area contributed by atoms with Gasteiger partial charge in [0.15, 0.2) is 4.34 Å². The lowest BCUT2D eigenvalue weighted by Gasteiger charge is -2.14. The molecule has 0 atom stereocenters. The number of aromatic nitrogens is 1. The summed E-state index contributed by atoms with van der Waals surface area (Å²) in [4.78, 5) is 5.11. The minimum Gasteiger partial charge on any atom is -0.506 e. The van der Waals surface area contributed by atoms with Gasteiger partial charge in [-0.05, 0) is 18.2 Å². The lowest BCUT2D eigenvalue weighted by atomic mass is 10.1. The summed E-state index contributed by atoms with van der Waals surface area (Å²) in [6.07, 6.45) is 0. The van der Waals surface area contributed by atoms with Gasteiger partial charge in [0, 0.05) is 17.3 Å². The number of sulfonamides is 1. The Kier molecular flexibility index (Phi) is 5.15. The maximum absolute atomic E-state index is 12.2. The van der Waals surface area contributed by atoms with Crippen molar-refractivity contribution < 1.29 is 13.5 Å². The number of rotatable bonds is 6. The smallest absolute Gasteiger partial charge is 0.233 e. The van der Waals surface area contributed by atoms with Crippen LogP contribution in [-0.2, 0) is 10.0 Å². The molecule has 28 heavy (non-hydrogen) atoms. The summed E-state index contributed by atoms with van der Waals surface area (Å²) in [5, 5.41) is 12.0. The molecule has 1 aromatic heterocycles. The third-order valence-electron chi connectivity index (χ3n) is 4.10. The largest absolute Gasteiger partial charge is 0.506 e. The van der Waals surface area contributed by atoms with Crippen molar-refractivity contribution in [3.05, 3.63) is 54.6 Å². The summed E-state index contributed by atoms with van der Waals surface area (Å²) >= 11 is 2.83. The average molecular weight is 432 g/mol. The second kappa shape index (κ2) is 7.59. The van der Waals surface area contributed by atoms with Crippen molar-refractivity contribution in [2.45, 2.75) is 9.24 Å². The number of hydrogen-bond donors (Lipinski definition) is 3. The zero-order valence-corrected chi connectivity index (χ0v) is 17.1. The molecule has 144 valence electrons. The lowest BCUT2D eigenvalue weighted by molar-refractivity contribution is 0.469. The zero-order chi connectivity index (χ0) is 19.7. The van der Waals surface area contributed by atoms with Crippen molar-refractivity contribution in [3.8, 4) is 5.75 Å². The topological polar surface area (TPSA) is 105 Å². The van der Waals surface area contributed by atoms with E-state index in [1.165, 1.54) is 23.1 Å². The molecule has 0 spiro atoms. The van der Waals surface area contributed by atoms with Gasteiger partial charge in [0.2, 0.25) is 10.0 Å². The number of nitrogens with one attached hydrogen (secondary N) is 1. The number of thiazole rings is 1. The Morgan fingerprint density at radius 3 is 2.57 bits per heavy atom. The highest BCUT2D eigenvalue weighted by molar-refractivity contribution is 8.01. The fourth-order valence-corrected chi connectivity index (χ4v) is 5.89. The zero-order valence-electron chi connectivity index (χ0n) is 14.6. The van der Waals surface area contributed by atoms with E-state index >= 15 is 0 Å². The molecule has 4 N–H and O–H groups in total. The number of phenolic OH excluding ortho intramolecular Hbond substituents is 1. The Labute approximate surface area is 170 Å². The van der Waals surface area contributed by atoms with Crippen LogP contribution in [0, 0.1) is 0 Å². The van der Waals surface area contributed by atoms with Crippen molar-refractivity contribution in [3.63, 3.8) is 0 Å². The van der Waals surface area contributed by atoms with Gasteiger partial charge in [-0.3, -0.25) is 4.72 Å². The fraction of sp³-hybridized carbons (Fsp3) is 0.105. The summed E-state index contributed by atoms with van der Waals surface area (Å²) in [5.41, 5.74) is 6.70. The van der Waals surface area contributed by atoms with Crippen LogP contribution in [0.15, 0.2) is 63.8 Å². The van der Waals surface area contributed by atoms with E-state index in [0.717, 1.165) is 14.6 Å². The molecule has 0 aliphatic heterocycles. The summed E-state index contributed by atoms with van der Waals surface area (Å²) in [6, 6.07) is 16.6. The Balaban J connectivity index is 1.80. The first-order valence-electron chi connectivity index (χ1n) is 8.45. The maximum atomic E-state index is 12.2. The van der Waals surface area contributed by atoms with Crippen LogP contribution in [0.1, 0.15) is 0 Å². The van der Waals surface area contributed by atoms with E-state index in [9.17, 15) is 13.5 Å². The van der Waals surface area contributed by atoms with E-state index < -0.39 is 10.0 Å². The molecule has 0 bridgehead atoms. The van der Waals surface area contributed by atoms with Crippen LogP contribution in [0.5, 0.6) is 5.75 Å². The predicted molar refractivity (Wildman–Crippen MR) is 116 cm³/mol. The van der Waals surface area contributed by atoms with Gasteiger partial charge in [-0.2, -0.15) is 0 Å². The number of hydrogen-bond acceptors (Lipinski definition) is 7. The Morgan fingerprint density at radius 1 is 1.11 bits per heavy atom. The van der Waals surface area contributed by atoms with E-state index in [2.05, 4.69) is 9.71 Å². The second-order valence-electron chi connectivity index (χ2n) is 6.08. The highest BCUT2D eigenvalue weighted by atomic mass is 32.2. The fourth-order valence-electron chi connectivity index (χ4n) is 2.86. The molecule has 0 aliphatic carbocycles. The van der Waals surface area contributed by atoms with Gasteiger partial charge in [0.1, 0.15) is 5.75 Å². The predicted octanol–water partition coefficient (Wildman–Crippen LogP) is 4.01. The first kappa shape index (κ1) is 19.0. The Morgan fingerprint density at radius 2 is 1.82 bits per heavy atom. The van der Waals surface area contributed by atoms with Crippen LogP contribution in [0.3, 0.4) is 0 Å². The first-order chi connectivity index (χ1) is 13.5. The van der Waals surface area contributed by atoms with Crippen LogP contribution < -0.4 is 10.5 Å². The van der Waals surface area contributed by atoms with Gasteiger partial charge in [0.05, 0.1) is 26.6 Å². The molecule has 0 saturated carbocycles. The van der Waals surface area contributed by atoms with Crippen LogP contribution in [0.25, 0.3) is 21.0 Å². The normalized spacial score (nSPS) is 11.9. The van der Waals surface area contributed by atoms with Gasteiger partial charge >= 0.3 is 0 Å². The van der Waals surface area contributed by atoms with Crippen LogP contribution in [0.2, 0.25) is 0 Å². The number of nitrogens with two attached hydrogens (primary N) is 1. The van der Waals surface area contributed by atoms with E-state index in [1.807, 2.05) is 24.3 Å². The average Bonchev–Trinajstić information content (AvgIpc) is 3.07. The Hall–Kier alpha value is -2.33. The molecule has 9 heteroatoms. The molecule has 6 nitrogen and oxygen atoms in total. The summed E-state index contributed by atoms with van der Waals surface area (Å²) in [7, 11) is -3.58. The number of phenols is 1. The molecule has 0 saturated heterocycles. The van der Waals surface area contributed by atoms with Crippen LogP contribution in [-0.4, -0.2) is 30.8 Å². The van der Waals surface area contributed by atoms with Crippen molar-refractivity contribution in [1.29, 1.82) is 0 Å². The number of benzene rings is 3. The number of fused-ring (bicyclic) bond motifs is 2. The van der Waals surface area contributed by atoms with Gasteiger partial charge in [-0.1, -0.05) is 48.2 Å². The monoisotopic (exact) mass is 431 g/mol. The number of nitrogens with zero attached hydrogens (tertiary/aromatic N) is 1. The standard InChI is InChI=1S/C19H17N3O3S3/c20-9-10-28(24,25)22-15-11-17(18(23)13-6-2-1-5-12(13)15)27-19-21-14-7-3-4-8-16(14)26-19/h1-8,11,22-23H,9-10,20H2. The van der Waals surface area contributed by atoms with Gasteiger partial charge in [-0.25, -0.2) is 13.4 Å². The summed E-state index contributed by atoms with van der Waals surface area (Å²) in [5.74, 6) is -0.0793. The maximum Gasteiger partial charge on any atom is 0.233 e. The minimum atomic E-state index is -3.58. The SMILES string of the molecule is NCCS(=O)(=O)Nc1cc(Sc2nc3ccccc3s2)c(O)c2ccccc12. The van der Waals surface area contributed by atoms with Crippen molar-refractivity contribution in [1.82, 2.24) is 4.98 Å². The van der Waals surface area contributed by atoms with Gasteiger partial charge < -0.3 is 10.8 Å². The van der Waals surface area contributed by atoms with E-state index in [-0.39, 0.29) is 18.0 Å². The Bertz CT molecular complexity index is 1240. The van der Waals surface area contributed by atoms with Crippen LogP contribution in [0.4, 0.5) is 5.69 Å². The highest BCUT2D eigenvalue weighted by Crippen LogP contribution is 2.44. The van der Waals surface area contributed by atoms with Crippen LogP contribution >= 0.6 is 23.1 Å². The molecule has 4 rings (SSSR count). The first-order valence-corrected chi connectivity index (χ1v) is 11.7. The van der Waals surface area contributed by atoms with E-state index in [1.54, 1.807) is 30.3 Å². The molecular formula is C19H17N3O3S3.